The van der Waals surface area contributed by atoms with Gasteiger partial charge in [0.15, 0.2) is 0 Å². The number of amides is 1. The lowest BCUT2D eigenvalue weighted by Gasteiger charge is -2.26. The first kappa shape index (κ1) is 33.2. The number of likely N-dealkylation sites (tertiary alicyclic amines) is 1. The topological polar surface area (TPSA) is 99.6 Å². The molecule has 1 aromatic heterocycles. The Labute approximate surface area is 283 Å². The average Bonchev–Trinajstić information content (AvgIpc) is 3.72. The molecule has 248 valence electrons. The van der Waals surface area contributed by atoms with E-state index in [0.717, 1.165) is 71.9 Å². The Bertz CT molecular complexity index is 1830. The predicted octanol–water partition coefficient (Wildman–Crippen LogP) is 5.82. The molecule has 3 heterocycles. The molecule has 4 aromatic rings. The summed E-state index contributed by atoms with van der Waals surface area (Å²) in [7, 11) is -3.35. The number of nitrogens with one attached hydrogen (secondary N) is 2. The SMILES string of the molecule is Cc1ccc(NCCNC(=O)c2cccc(-c3cc(-c4nn(CCCN5CCCC5)c5c4CN(S(C)(=O)=O)CC5)ccc3Cl)c2)cc1. The van der Waals surface area contributed by atoms with Crippen molar-refractivity contribution in [3.05, 3.63) is 94.1 Å². The van der Waals surface area contributed by atoms with Crippen LogP contribution in [-0.2, 0) is 29.5 Å². The van der Waals surface area contributed by atoms with Crippen molar-refractivity contribution >= 4 is 33.2 Å². The molecule has 1 fully saturated rings. The second kappa shape index (κ2) is 14.6. The molecule has 1 saturated heterocycles. The molecule has 0 atom stereocenters. The molecular weight excluding hydrogens is 632 g/mol. The van der Waals surface area contributed by atoms with Crippen molar-refractivity contribution < 1.29 is 13.2 Å². The van der Waals surface area contributed by atoms with Crippen LogP contribution in [0.25, 0.3) is 22.4 Å². The van der Waals surface area contributed by atoms with Crippen molar-refractivity contribution in [2.45, 2.75) is 45.7 Å². The maximum atomic E-state index is 13.1. The van der Waals surface area contributed by atoms with Gasteiger partial charge in [-0.15, -0.1) is 0 Å². The van der Waals surface area contributed by atoms with Crippen LogP contribution < -0.4 is 10.6 Å². The number of carbonyl (C=O) groups is 1. The fourth-order valence-corrected chi connectivity index (χ4v) is 7.51. The minimum Gasteiger partial charge on any atom is -0.383 e. The van der Waals surface area contributed by atoms with E-state index in [1.54, 1.807) is 6.07 Å². The number of carbonyl (C=O) groups excluding carboxylic acids is 1. The molecular formula is C36H43ClN6O3S. The first-order valence-electron chi connectivity index (χ1n) is 16.4. The zero-order valence-corrected chi connectivity index (χ0v) is 28.7. The molecule has 2 N–H and O–H groups in total. The number of hydrogen-bond donors (Lipinski definition) is 2. The molecule has 0 radical (unpaired) electrons. The van der Waals surface area contributed by atoms with Crippen molar-refractivity contribution in [2.24, 2.45) is 0 Å². The van der Waals surface area contributed by atoms with Crippen LogP contribution in [0, 0.1) is 6.92 Å². The van der Waals surface area contributed by atoms with Crippen molar-refractivity contribution in [1.82, 2.24) is 24.3 Å². The summed E-state index contributed by atoms with van der Waals surface area (Å²) in [6, 6.07) is 21.4. The van der Waals surface area contributed by atoms with E-state index in [4.69, 9.17) is 16.7 Å². The molecule has 0 spiro atoms. The summed E-state index contributed by atoms with van der Waals surface area (Å²) in [5.41, 5.74) is 8.06. The summed E-state index contributed by atoms with van der Waals surface area (Å²) in [5, 5.41) is 12.0. The summed E-state index contributed by atoms with van der Waals surface area (Å²) in [5.74, 6) is -0.160. The van der Waals surface area contributed by atoms with Crippen LogP contribution in [0.15, 0.2) is 66.7 Å². The van der Waals surface area contributed by atoms with Crippen molar-refractivity contribution in [1.29, 1.82) is 0 Å². The Morgan fingerprint density at radius 3 is 2.49 bits per heavy atom. The fraction of sp³-hybridized carbons (Fsp3) is 0.389. The van der Waals surface area contributed by atoms with Gasteiger partial charge in [0, 0.05) is 77.8 Å². The number of sulfonamides is 1. The van der Waals surface area contributed by atoms with Crippen LogP contribution in [-0.4, -0.2) is 78.8 Å². The minimum atomic E-state index is -3.35. The lowest BCUT2D eigenvalue weighted by Crippen LogP contribution is -2.35. The molecule has 0 aliphatic carbocycles. The van der Waals surface area contributed by atoms with Crippen LogP contribution in [0.3, 0.4) is 0 Å². The summed E-state index contributed by atoms with van der Waals surface area (Å²) in [4.78, 5) is 15.6. The number of aryl methyl sites for hydroxylation is 2. The van der Waals surface area contributed by atoms with E-state index in [-0.39, 0.29) is 5.91 Å². The number of fused-ring (bicyclic) bond motifs is 1. The maximum absolute atomic E-state index is 13.1. The highest BCUT2D eigenvalue weighted by Gasteiger charge is 2.30. The van der Waals surface area contributed by atoms with Gasteiger partial charge in [-0.2, -0.15) is 9.40 Å². The highest BCUT2D eigenvalue weighted by Crippen LogP contribution is 2.36. The molecule has 9 nitrogen and oxygen atoms in total. The van der Waals surface area contributed by atoms with Gasteiger partial charge in [0.05, 0.1) is 11.9 Å². The van der Waals surface area contributed by atoms with E-state index in [9.17, 15) is 13.2 Å². The van der Waals surface area contributed by atoms with Crippen LogP contribution >= 0.6 is 11.6 Å². The third kappa shape index (κ3) is 8.06. The highest BCUT2D eigenvalue weighted by atomic mass is 35.5. The van der Waals surface area contributed by atoms with Gasteiger partial charge in [0.25, 0.3) is 5.91 Å². The Balaban J connectivity index is 1.21. The van der Waals surface area contributed by atoms with E-state index in [1.807, 2.05) is 67.6 Å². The second-order valence-corrected chi connectivity index (χ2v) is 15.0. The predicted molar refractivity (Wildman–Crippen MR) is 189 cm³/mol. The molecule has 11 heteroatoms. The Morgan fingerprint density at radius 2 is 1.72 bits per heavy atom. The van der Waals surface area contributed by atoms with Crippen LogP contribution in [0.2, 0.25) is 5.02 Å². The lowest BCUT2D eigenvalue weighted by molar-refractivity contribution is 0.0955. The van der Waals surface area contributed by atoms with Gasteiger partial charge in [0.2, 0.25) is 10.0 Å². The zero-order valence-electron chi connectivity index (χ0n) is 27.1. The summed E-state index contributed by atoms with van der Waals surface area (Å²) < 4.78 is 28.7. The highest BCUT2D eigenvalue weighted by molar-refractivity contribution is 7.88. The van der Waals surface area contributed by atoms with Crippen molar-refractivity contribution in [3.8, 4) is 22.4 Å². The number of anilines is 1. The molecule has 6 rings (SSSR count). The van der Waals surface area contributed by atoms with Gasteiger partial charge in [-0.1, -0.05) is 47.5 Å². The lowest BCUT2D eigenvalue weighted by atomic mass is 9.97. The smallest absolute Gasteiger partial charge is 0.251 e. The van der Waals surface area contributed by atoms with Crippen LogP contribution in [0.1, 0.15) is 46.4 Å². The summed E-state index contributed by atoms with van der Waals surface area (Å²) in [6.45, 7) is 8.02. The first-order valence-corrected chi connectivity index (χ1v) is 18.6. The third-order valence-electron chi connectivity index (χ3n) is 9.08. The Morgan fingerprint density at radius 1 is 0.936 bits per heavy atom. The minimum absolute atomic E-state index is 0.160. The van der Waals surface area contributed by atoms with Gasteiger partial charge in [-0.05, 0) is 87.8 Å². The largest absolute Gasteiger partial charge is 0.383 e. The van der Waals surface area contributed by atoms with Crippen molar-refractivity contribution in [2.75, 3.05) is 50.8 Å². The van der Waals surface area contributed by atoms with E-state index < -0.39 is 10.0 Å². The molecule has 47 heavy (non-hydrogen) atoms. The fourth-order valence-electron chi connectivity index (χ4n) is 6.49. The summed E-state index contributed by atoms with van der Waals surface area (Å²) in [6.07, 6.45) is 5.41. The normalized spacial score (nSPS) is 15.5. The van der Waals surface area contributed by atoms with E-state index in [1.165, 1.54) is 29.0 Å². The van der Waals surface area contributed by atoms with Gasteiger partial charge >= 0.3 is 0 Å². The average molecular weight is 675 g/mol. The van der Waals surface area contributed by atoms with E-state index >= 15 is 0 Å². The van der Waals surface area contributed by atoms with Crippen LogP contribution in [0.5, 0.6) is 0 Å². The van der Waals surface area contributed by atoms with Crippen LogP contribution in [0.4, 0.5) is 5.69 Å². The standard InChI is InChI=1S/C36H43ClN6O3S/c1-26-9-12-30(13-10-26)38-16-17-39-36(44)29-8-5-7-27(23-29)31-24-28(11-14-33(31)37)35-32-25-42(47(2,45)46)22-15-34(32)43(40-35)21-6-20-41-18-3-4-19-41/h5,7-14,23-24,38H,3-4,6,15-22,25H2,1-2H3,(H,39,44). The van der Waals surface area contributed by atoms with Crippen molar-refractivity contribution in [3.63, 3.8) is 0 Å². The molecule has 0 bridgehead atoms. The van der Waals surface area contributed by atoms with E-state index in [2.05, 4.69) is 20.2 Å². The number of aromatic nitrogens is 2. The van der Waals surface area contributed by atoms with E-state index in [0.29, 0.717) is 43.2 Å². The monoisotopic (exact) mass is 674 g/mol. The maximum Gasteiger partial charge on any atom is 0.251 e. The number of benzene rings is 3. The van der Waals surface area contributed by atoms with Gasteiger partial charge < -0.3 is 15.5 Å². The number of nitrogens with zero attached hydrogens (tertiary/aromatic N) is 4. The quantitative estimate of drug-likeness (QED) is 0.184. The molecule has 2 aliphatic rings. The zero-order chi connectivity index (χ0) is 33.0. The molecule has 2 aliphatic heterocycles. The Hall–Kier alpha value is -3.70. The third-order valence-corrected chi connectivity index (χ3v) is 10.7. The molecule has 1 amide bonds. The molecule has 3 aromatic carbocycles. The number of rotatable bonds is 12. The second-order valence-electron chi connectivity index (χ2n) is 12.6. The number of halogens is 1. The number of hydrogen-bond acceptors (Lipinski definition) is 6. The van der Waals surface area contributed by atoms with Gasteiger partial charge in [-0.3, -0.25) is 9.48 Å². The van der Waals surface area contributed by atoms with Gasteiger partial charge in [0.1, 0.15) is 0 Å². The van der Waals surface area contributed by atoms with Gasteiger partial charge in [-0.25, -0.2) is 8.42 Å². The summed E-state index contributed by atoms with van der Waals surface area (Å²) >= 11 is 6.76. The molecule has 0 unspecified atom stereocenters. The molecule has 0 saturated carbocycles. The Kier molecular flexibility index (Phi) is 10.3. The first-order chi connectivity index (χ1) is 22.7.